The van der Waals surface area contributed by atoms with Crippen LogP contribution >= 0.6 is 0 Å². The van der Waals surface area contributed by atoms with Crippen LogP contribution in [0.25, 0.3) is 10.9 Å². The third-order valence-corrected chi connectivity index (χ3v) is 4.89. The molecule has 1 saturated carbocycles. The van der Waals surface area contributed by atoms with Gasteiger partial charge < -0.3 is 15.2 Å². The van der Waals surface area contributed by atoms with Gasteiger partial charge in [-0.2, -0.15) is 0 Å². The second kappa shape index (κ2) is 5.48. The Morgan fingerprint density at radius 3 is 2.92 bits per heavy atom. The first-order valence-corrected chi connectivity index (χ1v) is 8.46. The van der Waals surface area contributed by atoms with Crippen LogP contribution in [0.1, 0.15) is 18.4 Å². The van der Waals surface area contributed by atoms with Gasteiger partial charge in [-0.15, -0.1) is 0 Å². The lowest BCUT2D eigenvalue weighted by atomic mass is 10.1. The first-order chi connectivity index (χ1) is 12.6. The summed E-state index contributed by atoms with van der Waals surface area (Å²) in [5, 5.41) is 3.71. The van der Waals surface area contributed by atoms with E-state index in [1.54, 1.807) is 12.4 Å². The number of pyridine rings is 1. The molecule has 8 heteroatoms. The summed E-state index contributed by atoms with van der Waals surface area (Å²) in [7, 11) is 0. The summed E-state index contributed by atoms with van der Waals surface area (Å²) in [4.78, 5) is 25.4. The van der Waals surface area contributed by atoms with Crippen molar-refractivity contribution in [3.8, 4) is 0 Å². The number of H-pyrrole nitrogens is 1. The number of amidine groups is 2. The fourth-order valence-electron chi connectivity index (χ4n) is 3.52. The molecule has 1 aliphatic carbocycles. The summed E-state index contributed by atoms with van der Waals surface area (Å²) in [6.07, 6.45) is 5.33. The zero-order chi connectivity index (χ0) is 17.8. The average molecular weight is 355 g/mol. The Morgan fingerprint density at radius 2 is 2.12 bits per heavy atom. The van der Waals surface area contributed by atoms with Gasteiger partial charge in [-0.1, -0.05) is 0 Å². The predicted octanol–water partition coefficient (Wildman–Crippen LogP) is 2.23. The second-order valence-electron chi connectivity index (χ2n) is 6.69. The van der Waals surface area contributed by atoms with E-state index < -0.39 is 17.2 Å². The van der Waals surface area contributed by atoms with Gasteiger partial charge in [0.1, 0.15) is 5.84 Å². The Balaban J connectivity index is 1.60. The number of hydrogen-bond acceptors (Lipinski definition) is 5. The third-order valence-electron chi connectivity index (χ3n) is 4.89. The van der Waals surface area contributed by atoms with Gasteiger partial charge in [0, 0.05) is 36.3 Å². The highest BCUT2D eigenvalue weighted by molar-refractivity contribution is 6.08. The molecule has 2 N–H and O–H groups in total. The van der Waals surface area contributed by atoms with Crippen molar-refractivity contribution in [2.24, 2.45) is 15.9 Å². The minimum absolute atomic E-state index is 0.109. The Labute approximate surface area is 147 Å². The van der Waals surface area contributed by atoms with E-state index in [0.29, 0.717) is 29.2 Å². The molecule has 1 unspecified atom stereocenters. The number of aromatic nitrogens is 1. The number of nitrogens with one attached hydrogen (secondary N) is 2. The van der Waals surface area contributed by atoms with Crippen LogP contribution in [-0.2, 0) is 6.54 Å². The molecule has 0 bridgehead atoms. The first kappa shape index (κ1) is 15.2. The summed E-state index contributed by atoms with van der Waals surface area (Å²) >= 11 is 0. The molecule has 1 aromatic carbocycles. The number of nitrogens with zero attached hydrogens (tertiary/aromatic N) is 3. The summed E-state index contributed by atoms with van der Waals surface area (Å²) in [6.45, 7) is 0.353. The topological polar surface area (TPSA) is 72.8 Å². The number of rotatable bonds is 3. The zero-order valence-corrected chi connectivity index (χ0v) is 13.7. The van der Waals surface area contributed by atoms with Crippen LogP contribution in [0.5, 0.6) is 0 Å². The fourth-order valence-corrected chi connectivity index (χ4v) is 3.52. The van der Waals surface area contributed by atoms with Crippen LogP contribution in [0.4, 0.5) is 8.78 Å². The molecule has 0 saturated heterocycles. The molecule has 3 heterocycles. The Morgan fingerprint density at radius 1 is 1.27 bits per heavy atom. The maximum atomic E-state index is 14.1. The van der Waals surface area contributed by atoms with E-state index in [1.165, 1.54) is 12.1 Å². The minimum atomic E-state index is -1.04. The van der Waals surface area contributed by atoms with Gasteiger partial charge in [0.25, 0.3) is 0 Å². The maximum absolute atomic E-state index is 14.1. The number of fused-ring (bicyclic) bond motifs is 2. The van der Waals surface area contributed by atoms with Crippen molar-refractivity contribution in [1.82, 2.24) is 15.2 Å². The molecule has 6 nitrogen and oxygen atoms in total. The van der Waals surface area contributed by atoms with Crippen LogP contribution in [0.2, 0.25) is 0 Å². The number of hydrogen-bond donors (Lipinski definition) is 2. The molecular weight excluding hydrogens is 340 g/mol. The highest BCUT2D eigenvalue weighted by Gasteiger charge is 2.41. The van der Waals surface area contributed by atoms with Gasteiger partial charge in [0.2, 0.25) is 5.56 Å². The molecule has 0 radical (unpaired) electrons. The smallest absolute Gasteiger partial charge is 0.248 e. The molecule has 0 amide bonds. The molecule has 2 aliphatic heterocycles. The standard InChI is InChI=1S/C18H15F2N5O/c19-12-4-3-11-10(7-13(26)23-15(11)14(12)20)8-25-17(9-1-2-9)24-16-18(25)22-6-5-21-16/h3-7,9,18,22H,1-2,8H2,(H,23,26). The SMILES string of the molecule is O=c1cc(CN2C(C3CC3)=NC3=NC=CNC32)c2ccc(F)c(F)c2[nH]1. The number of benzene rings is 1. The van der Waals surface area contributed by atoms with E-state index >= 15 is 0 Å². The Hall–Kier alpha value is -3.03. The normalized spacial score (nSPS) is 21.5. The van der Waals surface area contributed by atoms with E-state index in [4.69, 9.17) is 0 Å². The van der Waals surface area contributed by atoms with E-state index in [2.05, 4.69) is 25.2 Å². The molecule has 3 aliphatic rings. The van der Waals surface area contributed by atoms with Gasteiger partial charge in [-0.3, -0.25) is 4.79 Å². The van der Waals surface area contributed by atoms with Crippen molar-refractivity contribution in [3.63, 3.8) is 0 Å². The Kier molecular flexibility index (Phi) is 3.22. The van der Waals surface area contributed by atoms with Crippen LogP contribution in [0, 0.1) is 17.6 Å². The summed E-state index contributed by atoms with van der Waals surface area (Å²) in [5.74, 6) is -0.0329. The zero-order valence-electron chi connectivity index (χ0n) is 13.7. The van der Waals surface area contributed by atoms with Gasteiger partial charge in [-0.25, -0.2) is 18.8 Å². The van der Waals surface area contributed by atoms with Crippen molar-refractivity contribution in [3.05, 3.63) is 58.2 Å². The van der Waals surface area contributed by atoms with E-state index in [9.17, 15) is 13.6 Å². The highest BCUT2D eigenvalue weighted by Crippen LogP contribution is 2.36. The largest absolute Gasteiger partial charge is 0.364 e. The lowest BCUT2D eigenvalue weighted by molar-refractivity contribution is 0.347. The monoisotopic (exact) mass is 355 g/mol. The number of aromatic amines is 1. The van der Waals surface area contributed by atoms with Crippen LogP contribution in [-0.4, -0.2) is 27.7 Å². The quantitative estimate of drug-likeness (QED) is 0.887. The molecule has 1 fully saturated rings. The minimum Gasteiger partial charge on any atom is -0.364 e. The average Bonchev–Trinajstić information content (AvgIpc) is 3.41. The van der Waals surface area contributed by atoms with Crippen LogP contribution in [0.3, 0.4) is 0 Å². The van der Waals surface area contributed by atoms with E-state index in [1.807, 2.05) is 0 Å². The van der Waals surface area contributed by atoms with Crippen LogP contribution in [0.15, 0.2) is 45.4 Å². The van der Waals surface area contributed by atoms with Crippen molar-refractivity contribution in [2.45, 2.75) is 25.6 Å². The lowest BCUT2D eigenvalue weighted by Crippen LogP contribution is -2.47. The summed E-state index contributed by atoms with van der Waals surface area (Å²) in [6, 6.07) is 4.00. The third kappa shape index (κ3) is 2.33. The van der Waals surface area contributed by atoms with Crippen molar-refractivity contribution < 1.29 is 8.78 Å². The van der Waals surface area contributed by atoms with Crippen molar-refractivity contribution >= 4 is 22.6 Å². The summed E-state index contributed by atoms with van der Waals surface area (Å²) in [5.41, 5.74) is 0.0436. The van der Waals surface area contributed by atoms with Gasteiger partial charge in [0.15, 0.2) is 23.6 Å². The highest BCUT2D eigenvalue weighted by atomic mass is 19.2. The molecule has 1 aromatic heterocycles. The number of halogens is 2. The van der Waals surface area contributed by atoms with Crippen molar-refractivity contribution in [1.29, 1.82) is 0 Å². The molecular formula is C18H15F2N5O. The van der Waals surface area contributed by atoms with E-state index in [0.717, 1.165) is 24.7 Å². The molecule has 2 aromatic rings. The first-order valence-electron chi connectivity index (χ1n) is 8.46. The van der Waals surface area contributed by atoms with Gasteiger partial charge >= 0.3 is 0 Å². The van der Waals surface area contributed by atoms with Gasteiger partial charge in [0.05, 0.1) is 5.52 Å². The molecule has 26 heavy (non-hydrogen) atoms. The molecule has 1 atom stereocenters. The molecule has 5 rings (SSSR count). The fraction of sp³-hybridized carbons (Fsp3) is 0.278. The van der Waals surface area contributed by atoms with Crippen LogP contribution < -0.4 is 10.9 Å². The molecule has 0 spiro atoms. The maximum Gasteiger partial charge on any atom is 0.248 e. The number of aliphatic imine (C=N–C) groups is 2. The Bertz CT molecular complexity index is 1070. The summed E-state index contributed by atoms with van der Waals surface area (Å²) < 4.78 is 27.7. The van der Waals surface area contributed by atoms with Gasteiger partial charge in [-0.05, 0) is 30.5 Å². The molecule has 132 valence electrons. The van der Waals surface area contributed by atoms with E-state index in [-0.39, 0.29) is 11.7 Å². The second-order valence-corrected chi connectivity index (χ2v) is 6.69. The predicted molar refractivity (Wildman–Crippen MR) is 93.7 cm³/mol. The lowest BCUT2D eigenvalue weighted by Gasteiger charge is -2.29. The van der Waals surface area contributed by atoms with Crippen molar-refractivity contribution in [2.75, 3.05) is 0 Å².